The van der Waals surface area contributed by atoms with Crippen LogP contribution < -0.4 is 21.3 Å². The van der Waals surface area contributed by atoms with Crippen molar-refractivity contribution in [2.45, 2.75) is 120 Å². The van der Waals surface area contributed by atoms with Gasteiger partial charge in [0.05, 0.1) is 36.6 Å². The van der Waals surface area contributed by atoms with Gasteiger partial charge in [-0.05, 0) is 51.5 Å². The number of ether oxygens (including phenoxy) is 1. The van der Waals surface area contributed by atoms with E-state index in [1.807, 2.05) is 9.80 Å². The van der Waals surface area contributed by atoms with Gasteiger partial charge in [-0.2, -0.15) is 0 Å². The zero-order chi connectivity index (χ0) is 29.9. The topological polar surface area (TPSA) is 101 Å². The second-order valence-corrected chi connectivity index (χ2v) is 14.3. The molecule has 6 fully saturated rings. The highest BCUT2D eigenvalue weighted by Crippen LogP contribution is 2.44. The first-order chi connectivity index (χ1) is 20.1. The highest BCUT2D eigenvalue weighted by molar-refractivity contribution is 6.21. The lowest BCUT2D eigenvalue weighted by Crippen LogP contribution is -2.82. The Kier molecular flexibility index (Phi) is 8.81. The van der Waals surface area contributed by atoms with E-state index in [9.17, 15) is 9.59 Å². The van der Waals surface area contributed by atoms with Crippen molar-refractivity contribution in [1.29, 1.82) is 0 Å². The van der Waals surface area contributed by atoms with E-state index in [0.29, 0.717) is 39.1 Å². The van der Waals surface area contributed by atoms with Gasteiger partial charge in [-0.3, -0.25) is 25.6 Å². The Morgan fingerprint density at radius 1 is 1.17 bits per heavy atom. The molecule has 5 aliphatic heterocycles. The monoisotopic (exact) mass is 609 g/mol. The van der Waals surface area contributed by atoms with Gasteiger partial charge < -0.3 is 19.9 Å². The number of piperidine rings is 1. The summed E-state index contributed by atoms with van der Waals surface area (Å²) < 4.78 is 22.6. The average molecular weight is 610 g/mol. The molecule has 5 heterocycles. The van der Waals surface area contributed by atoms with E-state index < -0.39 is 6.17 Å². The first kappa shape index (κ1) is 30.5. The molecule has 236 valence electrons. The summed E-state index contributed by atoms with van der Waals surface area (Å²) in [5, 5.41) is 14.2. The minimum absolute atomic E-state index is 0.0308. The van der Waals surface area contributed by atoms with E-state index in [1.165, 1.54) is 6.08 Å². The predicted octanol–water partition coefficient (Wildman–Crippen LogP) is 1.81. The van der Waals surface area contributed by atoms with Crippen LogP contribution in [0.2, 0.25) is 0 Å². The summed E-state index contributed by atoms with van der Waals surface area (Å²) in [6, 6.07) is -0.682. The average Bonchev–Trinajstić information content (AvgIpc) is 2.96. The molecule has 0 radical (unpaired) electrons. The number of hydrogen-bond donors (Lipinski definition) is 4. The number of carbonyl (C=O) groups is 2. The first-order valence-electron chi connectivity index (χ1n) is 16.0. The minimum atomic E-state index is -1.01. The maximum atomic E-state index is 15.8. The Hall–Kier alpha value is -1.50. The van der Waals surface area contributed by atoms with Crippen LogP contribution in [0, 0.1) is 17.8 Å². The quantitative estimate of drug-likeness (QED) is 0.286. The summed E-state index contributed by atoms with van der Waals surface area (Å²) in [6.07, 6.45) is 2.08. The molecule has 5 saturated heterocycles. The molecule has 0 aromatic rings. The van der Waals surface area contributed by atoms with E-state index in [2.05, 4.69) is 60.4 Å². The minimum Gasteiger partial charge on any atom is -0.373 e. The summed E-state index contributed by atoms with van der Waals surface area (Å²) in [5.74, 6) is -0.205. The third-order valence-corrected chi connectivity index (χ3v) is 11.4. The number of hydrogen-bond acceptors (Lipinski definition) is 7. The highest BCUT2D eigenvalue weighted by Gasteiger charge is 2.58. The van der Waals surface area contributed by atoms with Gasteiger partial charge in [0.1, 0.15) is 6.17 Å². The molecule has 2 bridgehead atoms. The molecular weight excluding hydrogens is 561 g/mol. The molecule has 0 aromatic carbocycles. The van der Waals surface area contributed by atoms with E-state index in [4.69, 9.17) is 16.3 Å². The predicted molar refractivity (Wildman–Crippen MR) is 159 cm³/mol. The van der Waals surface area contributed by atoms with Gasteiger partial charge in [0.2, 0.25) is 5.91 Å². The molecular formula is C30H49ClFN7O3. The maximum absolute atomic E-state index is 15.8. The summed E-state index contributed by atoms with van der Waals surface area (Å²) in [7, 11) is 0. The van der Waals surface area contributed by atoms with Crippen LogP contribution in [-0.2, 0) is 9.53 Å². The summed E-state index contributed by atoms with van der Waals surface area (Å²) in [5.41, 5.74) is 0. The van der Waals surface area contributed by atoms with Crippen LogP contribution in [0.25, 0.3) is 0 Å². The molecule has 6 rings (SSSR count). The van der Waals surface area contributed by atoms with Gasteiger partial charge in [0.15, 0.2) is 0 Å². The molecule has 13 atom stereocenters. The van der Waals surface area contributed by atoms with Crippen LogP contribution in [0.5, 0.6) is 0 Å². The third kappa shape index (κ3) is 5.26. The fourth-order valence-electron chi connectivity index (χ4n) is 8.99. The fraction of sp³-hybridized carbons (Fsp3) is 0.867. The zero-order valence-corrected chi connectivity index (χ0v) is 26.1. The Balaban J connectivity index is 1.39. The van der Waals surface area contributed by atoms with Gasteiger partial charge in [-0.15, -0.1) is 11.6 Å². The largest absolute Gasteiger partial charge is 0.373 e. The SMILES string of the molecule is C=CC(=O)N1CCN(C2NC(=O)N3C4NC(C(Cl)CC42)C2C(F)CCCC2OC(C)C2NCNC(C(C)C)C23)[C@@H](C)C1. The molecule has 1 saturated carbocycles. The van der Waals surface area contributed by atoms with E-state index in [-0.39, 0.29) is 89.8 Å². The Labute approximate surface area is 254 Å². The number of piperazine rings is 1. The number of amides is 3. The van der Waals surface area contributed by atoms with E-state index in [0.717, 1.165) is 12.8 Å². The molecule has 10 nitrogen and oxygen atoms in total. The summed E-state index contributed by atoms with van der Waals surface area (Å²) in [6.45, 7) is 14.6. The number of fused-ring (bicyclic) bond motifs is 5. The van der Waals surface area contributed by atoms with Crippen molar-refractivity contribution in [2.75, 3.05) is 26.3 Å². The Bertz CT molecular complexity index is 1040. The van der Waals surface area contributed by atoms with Gasteiger partial charge in [-0.1, -0.05) is 20.4 Å². The number of alkyl halides is 2. The molecule has 6 aliphatic rings. The summed E-state index contributed by atoms with van der Waals surface area (Å²) in [4.78, 5) is 32.9. The molecule has 12 heteroatoms. The second kappa shape index (κ2) is 12.1. The number of rotatable bonds is 3. The van der Waals surface area contributed by atoms with Crippen LogP contribution in [0.3, 0.4) is 0 Å². The smallest absolute Gasteiger partial charge is 0.320 e. The van der Waals surface area contributed by atoms with Crippen LogP contribution in [0.15, 0.2) is 12.7 Å². The molecule has 42 heavy (non-hydrogen) atoms. The van der Waals surface area contributed by atoms with Crippen LogP contribution in [-0.4, -0.2) is 119 Å². The molecule has 0 spiro atoms. The number of nitrogens with zero attached hydrogens (tertiary/aromatic N) is 3. The summed E-state index contributed by atoms with van der Waals surface area (Å²) >= 11 is 7.22. The first-order valence-corrected chi connectivity index (χ1v) is 16.5. The van der Waals surface area contributed by atoms with Gasteiger partial charge in [0.25, 0.3) is 0 Å². The highest BCUT2D eigenvalue weighted by atomic mass is 35.5. The molecule has 4 N–H and O–H groups in total. The third-order valence-electron chi connectivity index (χ3n) is 11.0. The van der Waals surface area contributed by atoms with Crippen molar-refractivity contribution < 1.29 is 18.7 Å². The van der Waals surface area contributed by atoms with E-state index >= 15 is 4.39 Å². The normalized spacial score (nSPS) is 46.4. The van der Waals surface area contributed by atoms with Crippen LogP contribution in [0.4, 0.5) is 9.18 Å². The molecule has 0 aromatic heterocycles. The van der Waals surface area contributed by atoms with Crippen LogP contribution in [0.1, 0.15) is 53.4 Å². The standard InChI is InChI=1S/C30H49ClFN7O3/c1-6-22(40)37-10-11-38(16(4)13-37)28-18-12-19(31)26-23-20(32)8-7-9-21(23)42-17(5)25-27(24(15(2)3)33-14-34-25)39(29(18)35-26)30(41)36-28/h6,15-21,23-29,33-35H,1,7-14H2,2-5H3,(H,36,41)/t16-,17?,18?,19?,20?,21?,23?,24?,25?,26?,27?,28?,29?/m0/s1. The number of halogens is 2. The zero-order valence-electron chi connectivity index (χ0n) is 25.3. The number of carbonyl (C=O) groups excluding carboxylic acids is 2. The lowest BCUT2D eigenvalue weighted by molar-refractivity contribution is -0.144. The van der Waals surface area contributed by atoms with Crippen molar-refractivity contribution in [3.63, 3.8) is 0 Å². The lowest BCUT2D eigenvalue weighted by Gasteiger charge is -2.61. The molecule has 1 aliphatic carbocycles. The van der Waals surface area contributed by atoms with E-state index in [1.54, 1.807) is 0 Å². The molecule has 3 amide bonds. The van der Waals surface area contributed by atoms with Crippen LogP contribution >= 0.6 is 11.6 Å². The van der Waals surface area contributed by atoms with Gasteiger partial charge in [0, 0.05) is 61.6 Å². The van der Waals surface area contributed by atoms with Crippen molar-refractivity contribution in [3.8, 4) is 0 Å². The Morgan fingerprint density at radius 3 is 2.67 bits per heavy atom. The van der Waals surface area contributed by atoms with Crippen molar-refractivity contribution in [3.05, 3.63) is 12.7 Å². The molecule has 12 unspecified atom stereocenters. The number of urea groups is 1. The Morgan fingerprint density at radius 2 is 1.95 bits per heavy atom. The van der Waals surface area contributed by atoms with Crippen molar-refractivity contribution >= 4 is 23.5 Å². The maximum Gasteiger partial charge on any atom is 0.320 e. The fourth-order valence-corrected chi connectivity index (χ4v) is 9.43. The van der Waals surface area contributed by atoms with Gasteiger partial charge in [-0.25, -0.2) is 9.18 Å². The lowest BCUT2D eigenvalue weighted by atomic mass is 9.73. The number of nitrogens with one attached hydrogen (secondary N) is 4. The van der Waals surface area contributed by atoms with Crippen molar-refractivity contribution in [1.82, 2.24) is 36.0 Å². The van der Waals surface area contributed by atoms with Gasteiger partial charge >= 0.3 is 6.03 Å². The second-order valence-electron chi connectivity index (χ2n) is 13.7. The van der Waals surface area contributed by atoms with Crippen molar-refractivity contribution in [2.24, 2.45) is 17.8 Å².